The molecule has 2 heterocycles. The minimum absolute atomic E-state index is 0.959. The third-order valence-corrected chi connectivity index (χ3v) is 4.88. The maximum absolute atomic E-state index is 4.92. The van der Waals surface area contributed by atoms with E-state index in [0.717, 1.165) is 13.0 Å². The number of nitrogens with zero attached hydrogens (tertiary/aromatic N) is 2. The zero-order valence-electron chi connectivity index (χ0n) is 12.4. The largest absolute Gasteiger partial charge is 0.348 e. The van der Waals surface area contributed by atoms with E-state index in [4.69, 9.17) is 4.98 Å². The minimum Gasteiger partial charge on any atom is -0.348 e. The van der Waals surface area contributed by atoms with Crippen molar-refractivity contribution >= 4 is 16.5 Å². The Morgan fingerprint density at radius 2 is 1.84 bits per heavy atom. The van der Waals surface area contributed by atoms with Gasteiger partial charge in [0.25, 0.3) is 0 Å². The van der Waals surface area contributed by atoms with Gasteiger partial charge in [0.05, 0.1) is 5.69 Å². The number of anilines is 1. The Bertz CT molecular complexity index is 344. The van der Waals surface area contributed by atoms with E-state index in [-0.39, 0.29) is 0 Å². The first-order valence-electron chi connectivity index (χ1n) is 7.73. The summed E-state index contributed by atoms with van der Waals surface area (Å²) in [7, 11) is 2.02. The number of nitrogens with one attached hydrogen (secondary N) is 1. The Labute approximate surface area is 121 Å². The monoisotopic (exact) mass is 281 g/mol. The van der Waals surface area contributed by atoms with E-state index in [1.807, 2.05) is 18.4 Å². The normalized spacial score (nSPS) is 17.3. The van der Waals surface area contributed by atoms with E-state index in [1.54, 1.807) is 0 Å². The number of hydrogen-bond acceptors (Lipinski definition) is 4. The first-order chi connectivity index (χ1) is 9.35. The molecule has 1 aromatic heterocycles. The van der Waals surface area contributed by atoms with Crippen LogP contribution in [-0.2, 0) is 13.0 Å². The number of hydrogen-bond donors (Lipinski definition) is 1. The van der Waals surface area contributed by atoms with E-state index in [0.29, 0.717) is 0 Å². The van der Waals surface area contributed by atoms with Gasteiger partial charge in [-0.15, -0.1) is 11.3 Å². The summed E-state index contributed by atoms with van der Waals surface area (Å²) in [4.78, 5) is 8.87. The zero-order valence-corrected chi connectivity index (χ0v) is 13.2. The summed E-state index contributed by atoms with van der Waals surface area (Å²) in [6.45, 7) is 5.58. The van der Waals surface area contributed by atoms with Crippen LogP contribution >= 0.6 is 11.3 Å². The molecule has 0 spiro atoms. The van der Waals surface area contributed by atoms with Gasteiger partial charge in [-0.1, -0.05) is 32.6 Å². The standard InChI is InChI=1S/C15H27N3S/c1-3-9-13-14(12-16-2)19-15(17-13)18-10-7-5-4-6-8-11-18/h16H,3-12H2,1-2H3. The number of rotatable bonds is 5. The molecule has 3 nitrogen and oxygen atoms in total. The highest BCUT2D eigenvalue weighted by Crippen LogP contribution is 2.28. The van der Waals surface area contributed by atoms with E-state index in [2.05, 4.69) is 17.1 Å². The van der Waals surface area contributed by atoms with Crippen molar-refractivity contribution in [1.82, 2.24) is 10.3 Å². The number of thiazole rings is 1. The second kappa shape index (κ2) is 7.85. The Morgan fingerprint density at radius 1 is 1.16 bits per heavy atom. The molecule has 1 aliphatic heterocycles. The smallest absolute Gasteiger partial charge is 0.185 e. The average molecular weight is 281 g/mol. The number of aryl methyl sites for hydroxylation is 1. The molecule has 4 heteroatoms. The SMILES string of the molecule is CCCc1nc(N2CCCCCCC2)sc1CNC. The van der Waals surface area contributed by atoms with Crippen LogP contribution in [0.3, 0.4) is 0 Å². The van der Waals surface area contributed by atoms with Crippen LogP contribution in [0.2, 0.25) is 0 Å². The fraction of sp³-hybridized carbons (Fsp3) is 0.800. The van der Waals surface area contributed by atoms with Crippen molar-refractivity contribution in [3.63, 3.8) is 0 Å². The van der Waals surface area contributed by atoms with Gasteiger partial charge in [0.2, 0.25) is 0 Å². The van der Waals surface area contributed by atoms with Gasteiger partial charge in [0, 0.05) is 24.5 Å². The molecular weight excluding hydrogens is 254 g/mol. The predicted molar refractivity (Wildman–Crippen MR) is 84.2 cm³/mol. The molecule has 108 valence electrons. The van der Waals surface area contributed by atoms with E-state index < -0.39 is 0 Å². The van der Waals surface area contributed by atoms with Gasteiger partial charge >= 0.3 is 0 Å². The molecule has 1 aromatic rings. The van der Waals surface area contributed by atoms with Crippen LogP contribution in [0.1, 0.15) is 56.0 Å². The van der Waals surface area contributed by atoms with Crippen molar-refractivity contribution in [2.24, 2.45) is 0 Å². The van der Waals surface area contributed by atoms with Crippen molar-refractivity contribution < 1.29 is 0 Å². The van der Waals surface area contributed by atoms with Gasteiger partial charge in [-0.3, -0.25) is 0 Å². The molecule has 0 aromatic carbocycles. The molecule has 2 rings (SSSR count). The predicted octanol–water partition coefficient (Wildman–Crippen LogP) is 3.59. The molecule has 1 fully saturated rings. The minimum atomic E-state index is 0.959. The van der Waals surface area contributed by atoms with Gasteiger partial charge in [0.15, 0.2) is 5.13 Å². The molecule has 0 bridgehead atoms. The summed E-state index contributed by atoms with van der Waals surface area (Å²) >= 11 is 1.90. The van der Waals surface area contributed by atoms with E-state index in [1.165, 1.54) is 67.3 Å². The molecule has 1 aliphatic rings. The maximum atomic E-state index is 4.92. The number of aromatic nitrogens is 1. The maximum Gasteiger partial charge on any atom is 0.185 e. The van der Waals surface area contributed by atoms with Crippen molar-refractivity contribution in [3.8, 4) is 0 Å². The summed E-state index contributed by atoms with van der Waals surface area (Å²) in [6.07, 6.45) is 9.12. The zero-order chi connectivity index (χ0) is 13.5. The first kappa shape index (κ1) is 14.8. The summed E-state index contributed by atoms with van der Waals surface area (Å²) in [5, 5.41) is 4.53. The molecule has 19 heavy (non-hydrogen) atoms. The molecule has 0 amide bonds. The molecule has 0 atom stereocenters. The molecular formula is C15H27N3S. The molecule has 1 N–H and O–H groups in total. The Balaban J connectivity index is 2.10. The average Bonchev–Trinajstić information content (AvgIpc) is 2.73. The first-order valence-corrected chi connectivity index (χ1v) is 8.55. The molecule has 1 saturated heterocycles. The molecule has 0 aliphatic carbocycles. The Morgan fingerprint density at radius 3 is 2.47 bits per heavy atom. The van der Waals surface area contributed by atoms with Crippen LogP contribution < -0.4 is 10.2 Å². The van der Waals surface area contributed by atoms with Crippen molar-refractivity contribution in [1.29, 1.82) is 0 Å². The van der Waals surface area contributed by atoms with E-state index >= 15 is 0 Å². The van der Waals surface area contributed by atoms with Gasteiger partial charge < -0.3 is 10.2 Å². The summed E-state index contributed by atoms with van der Waals surface area (Å²) < 4.78 is 0. The lowest BCUT2D eigenvalue weighted by Gasteiger charge is -2.23. The third-order valence-electron chi connectivity index (χ3n) is 3.72. The van der Waals surface area contributed by atoms with Crippen molar-refractivity contribution in [2.75, 3.05) is 25.0 Å². The highest BCUT2D eigenvalue weighted by molar-refractivity contribution is 7.15. The molecule has 0 radical (unpaired) electrons. The summed E-state index contributed by atoms with van der Waals surface area (Å²) in [5.74, 6) is 0. The Hall–Kier alpha value is -0.610. The van der Waals surface area contributed by atoms with E-state index in [9.17, 15) is 0 Å². The van der Waals surface area contributed by atoms with Crippen LogP contribution in [0.5, 0.6) is 0 Å². The second-order valence-electron chi connectivity index (χ2n) is 5.40. The topological polar surface area (TPSA) is 28.2 Å². The van der Waals surface area contributed by atoms with Gasteiger partial charge in [0.1, 0.15) is 0 Å². The quantitative estimate of drug-likeness (QED) is 0.894. The fourth-order valence-electron chi connectivity index (χ4n) is 2.67. The highest BCUT2D eigenvalue weighted by Gasteiger charge is 2.16. The molecule has 0 saturated carbocycles. The highest BCUT2D eigenvalue weighted by atomic mass is 32.1. The van der Waals surface area contributed by atoms with Crippen LogP contribution in [-0.4, -0.2) is 25.1 Å². The molecule has 0 unspecified atom stereocenters. The van der Waals surface area contributed by atoms with Crippen LogP contribution in [0.15, 0.2) is 0 Å². The van der Waals surface area contributed by atoms with Crippen molar-refractivity contribution in [3.05, 3.63) is 10.6 Å². The van der Waals surface area contributed by atoms with Crippen molar-refractivity contribution in [2.45, 2.75) is 58.4 Å². The van der Waals surface area contributed by atoms with Crippen LogP contribution in [0, 0.1) is 0 Å². The lowest BCUT2D eigenvalue weighted by Crippen LogP contribution is -2.26. The van der Waals surface area contributed by atoms with Crippen LogP contribution in [0.4, 0.5) is 5.13 Å². The summed E-state index contributed by atoms with van der Waals surface area (Å²) in [5.41, 5.74) is 1.32. The second-order valence-corrected chi connectivity index (χ2v) is 6.46. The fourth-order valence-corrected chi connectivity index (χ4v) is 3.84. The third kappa shape index (κ3) is 4.18. The van der Waals surface area contributed by atoms with Gasteiger partial charge in [-0.2, -0.15) is 0 Å². The van der Waals surface area contributed by atoms with Gasteiger partial charge in [-0.25, -0.2) is 4.98 Å². The summed E-state index contributed by atoms with van der Waals surface area (Å²) in [6, 6.07) is 0. The Kier molecular flexibility index (Phi) is 6.11. The van der Waals surface area contributed by atoms with Crippen LogP contribution in [0.25, 0.3) is 0 Å². The van der Waals surface area contributed by atoms with Gasteiger partial charge in [-0.05, 0) is 26.3 Å². The lowest BCUT2D eigenvalue weighted by molar-refractivity contribution is 0.555. The lowest BCUT2D eigenvalue weighted by atomic mass is 10.1.